The molecule has 3 heterocycles. The fraction of sp³-hybridized carbons (Fsp3) is 0.469. The standard InChI is InChI=1S/C30H37N5O2.C2H6/c1-4-5-9-26-33-27-28(24-15-14-23(30(36)37-3)18-25(24)32-29(27)31-2)35(26)20-22-12-10-21(11-13-22)19-34-16-7-6-8-17-34;1-2/h10-15,18H,4-9,16-17,19-20H2,1-3H3,(H,31,32);1-2H3. The molecule has 0 unspecified atom stereocenters. The van der Waals surface area contributed by atoms with Crippen LogP contribution in [0, 0.1) is 0 Å². The third-order valence-corrected chi connectivity index (χ3v) is 7.39. The molecule has 0 radical (unpaired) electrons. The number of nitrogens with zero attached hydrogens (tertiary/aromatic N) is 4. The molecular formula is C32H43N5O2. The second kappa shape index (κ2) is 13.6. The number of benzene rings is 2. The summed E-state index contributed by atoms with van der Waals surface area (Å²) in [6, 6.07) is 14.7. The monoisotopic (exact) mass is 529 g/mol. The summed E-state index contributed by atoms with van der Waals surface area (Å²) in [7, 11) is 3.26. The van der Waals surface area contributed by atoms with Crippen LogP contribution in [0.1, 0.15) is 80.2 Å². The number of fused-ring (bicyclic) bond motifs is 3. The Hall–Kier alpha value is -3.45. The predicted molar refractivity (Wildman–Crippen MR) is 161 cm³/mol. The van der Waals surface area contributed by atoms with E-state index in [0.717, 1.165) is 65.9 Å². The smallest absolute Gasteiger partial charge is 0.337 e. The fourth-order valence-corrected chi connectivity index (χ4v) is 5.36. The highest BCUT2D eigenvalue weighted by Gasteiger charge is 2.19. The van der Waals surface area contributed by atoms with Crippen molar-refractivity contribution in [3.05, 3.63) is 65.0 Å². The molecule has 1 fully saturated rings. The van der Waals surface area contributed by atoms with E-state index in [4.69, 9.17) is 14.7 Å². The molecule has 7 nitrogen and oxygen atoms in total. The van der Waals surface area contributed by atoms with Gasteiger partial charge in [0.1, 0.15) is 11.3 Å². The van der Waals surface area contributed by atoms with Gasteiger partial charge in [0.25, 0.3) is 0 Å². The highest BCUT2D eigenvalue weighted by Crippen LogP contribution is 2.32. The molecule has 0 amide bonds. The van der Waals surface area contributed by atoms with Crippen LogP contribution in [-0.4, -0.2) is 52.7 Å². The highest BCUT2D eigenvalue weighted by atomic mass is 16.5. The normalized spacial score (nSPS) is 13.8. The van der Waals surface area contributed by atoms with Crippen molar-refractivity contribution in [2.75, 3.05) is 32.6 Å². The van der Waals surface area contributed by atoms with Crippen molar-refractivity contribution in [1.29, 1.82) is 0 Å². The number of ether oxygens (including phenoxy) is 1. The van der Waals surface area contributed by atoms with Crippen LogP contribution in [0.5, 0.6) is 0 Å². The predicted octanol–water partition coefficient (Wildman–Crippen LogP) is 6.82. The van der Waals surface area contributed by atoms with Crippen molar-refractivity contribution in [2.24, 2.45) is 0 Å². The number of esters is 1. The average Bonchev–Trinajstić information content (AvgIpc) is 3.35. The first kappa shape index (κ1) is 28.6. The molecule has 1 aliphatic rings. The zero-order chi connectivity index (χ0) is 27.8. The summed E-state index contributed by atoms with van der Waals surface area (Å²) in [5.74, 6) is 1.42. The molecule has 0 saturated carbocycles. The Morgan fingerprint density at radius 2 is 1.67 bits per heavy atom. The van der Waals surface area contributed by atoms with Crippen molar-refractivity contribution >= 4 is 33.7 Å². The minimum atomic E-state index is -0.364. The maximum atomic E-state index is 12.2. The Kier molecular flexibility index (Phi) is 9.93. The van der Waals surface area contributed by atoms with E-state index in [2.05, 4.69) is 46.0 Å². The maximum Gasteiger partial charge on any atom is 0.337 e. The summed E-state index contributed by atoms with van der Waals surface area (Å²) in [5, 5.41) is 4.21. The van der Waals surface area contributed by atoms with Gasteiger partial charge in [0.2, 0.25) is 0 Å². The van der Waals surface area contributed by atoms with Crippen LogP contribution in [0.25, 0.3) is 21.9 Å². The molecule has 2 aromatic carbocycles. The Morgan fingerprint density at radius 3 is 2.31 bits per heavy atom. The number of rotatable bonds is 9. The topological polar surface area (TPSA) is 72.3 Å². The summed E-state index contributed by atoms with van der Waals surface area (Å²) in [4.78, 5) is 24.6. The van der Waals surface area contributed by atoms with Gasteiger partial charge in [-0.2, -0.15) is 0 Å². The first-order chi connectivity index (χ1) is 19.1. The number of imidazole rings is 1. The number of aryl methyl sites for hydroxylation is 1. The largest absolute Gasteiger partial charge is 0.465 e. The van der Waals surface area contributed by atoms with E-state index in [1.807, 2.05) is 33.0 Å². The SMILES string of the molecule is CC.CCCCc1nc2c(NC)nc3cc(C(=O)OC)ccc3c2n1Cc1ccc(CN2CCCCC2)cc1. The van der Waals surface area contributed by atoms with E-state index < -0.39 is 0 Å². The molecule has 1 aliphatic heterocycles. The minimum Gasteiger partial charge on any atom is -0.465 e. The van der Waals surface area contributed by atoms with E-state index >= 15 is 0 Å². The molecule has 0 aliphatic carbocycles. The summed E-state index contributed by atoms with van der Waals surface area (Å²) in [5.41, 5.74) is 5.78. The minimum absolute atomic E-state index is 0.364. The van der Waals surface area contributed by atoms with Gasteiger partial charge in [-0.25, -0.2) is 14.8 Å². The van der Waals surface area contributed by atoms with Crippen LogP contribution in [0.15, 0.2) is 42.5 Å². The summed E-state index contributed by atoms with van der Waals surface area (Å²) in [6.45, 7) is 10.4. The quantitative estimate of drug-likeness (QED) is 0.240. The Labute approximate surface area is 232 Å². The van der Waals surface area contributed by atoms with E-state index in [9.17, 15) is 4.79 Å². The number of methoxy groups -OCH3 is 1. The van der Waals surface area contributed by atoms with E-state index in [1.54, 1.807) is 6.07 Å². The third kappa shape index (κ3) is 6.41. The number of likely N-dealkylation sites (tertiary alicyclic amines) is 1. The number of pyridine rings is 1. The third-order valence-electron chi connectivity index (χ3n) is 7.39. The number of unbranched alkanes of at least 4 members (excludes halogenated alkanes) is 1. The molecule has 2 aromatic heterocycles. The lowest BCUT2D eigenvalue weighted by molar-refractivity contribution is 0.0601. The van der Waals surface area contributed by atoms with Crippen molar-refractivity contribution in [3.63, 3.8) is 0 Å². The molecule has 208 valence electrons. The molecule has 0 atom stereocenters. The molecular weight excluding hydrogens is 486 g/mol. The number of aromatic nitrogens is 3. The zero-order valence-corrected chi connectivity index (χ0v) is 24.2. The van der Waals surface area contributed by atoms with Crippen molar-refractivity contribution in [2.45, 2.75) is 72.4 Å². The lowest BCUT2D eigenvalue weighted by Crippen LogP contribution is -2.29. The highest BCUT2D eigenvalue weighted by molar-refractivity contribution is 6.08. The van der Waals surface area contributed by atoms with Gasteiger partial charge in [-0.05, 0) is 61.7 Å². The van der Waals surface area contributed by atoms with Gasteiger partial charge < -0.3 is 14.6 Å². The molecule has 39 heavy (non-hydrogen) atoms. The first-order valence-corrected chi connectivity index (χ1v) is 14.5. The van der Waals surface area contributed by atoms with Gasteiger partial charge >= 0.3 is 5.97 Å². The van der Waals surface area contributed by atoms with Crippen LogP contribution >= 0.6 is 0 Å². The number of hydrogen-bond donors (Lipinski definition) is 1. The van der Waals surface area contributed by atoms with Crippen molar-refractivity contribution in [1.82, 2.24) is 19.4 Å². The second-order valence-corrected chi connectivity index (χ2v) is 10.0. The lowest BCUT2D eigenvalue weighted by atomic mass is 10.1. The van der Waals surface area contributed by atoms with Crippen LogP contribution in [0.4, 0.5) is 5.82 Å². The van der Waals surface area contributed by atoms with Crippen LogP contribution in [0.3, 0.4) is 0 Å². The first-order valence-electron chi connectivity index (χ1n) is 14.5. The van der Waals surface area contributed by atoms with Gasteiger partial charge in [0.15, 0.2) is 5.82 Å². The molecule has 1 saturated heterocycles. The summed E-state index contributed by atoms with van der Waals surface area (Å²) >= 11 is 0. The van der Waals surface area contributed by atoms with Gasteiger partial charge in [-0.15, -0.1) is 0 Å². The number of nitrogens with one attached hydrogen (secondary N) is 1. The van der Waals surface area contributed by atoms with Gasteiger partial charge in [0, 0.05) is 31.9 Å². The molecule has 1 N–H and O–H groups in total. The fourth-order valence-electron chi connectivity index (χ4n) is 5.36. The van der Waals surface area contributed by atoms with Crippen LogP contribution in [-0.2, 0) is 24.2 Å². The number of anilines is 1. The maximum absolute atomic E-state index is 12.2. The van der Waals surface area contributed by atoms with Crippen LogP contribution in [0.2, 0.25) is 0 Å². The van der Waals surface area contributed by atoms with Crippen LogP contribution < -0.4 is 5.32 Å². The lowest BCUT2D eigenvalue weighted by Gasteiger charge is -2.26. The number of piperidine rings is 1. The second-order valence-electron chi connectivity index (χ2n) is 10.0. The van der Waals surface area contributed by atoms with E-state index in [1.165, 1.54) is 50.6 Å². The zero-order valence-electron chi connectivity index (χ0n) is 24.2. The molecule has 0 bridgehead atoms. The number of carbonyl (C=O) groups is 1. The number of hydrogen-bond acceptors (Lipinski definition) is 6. The van der Waals surface area contributed by atoms with Crippen molar-refractivity contribution < 1.29 is 9.53 Å². The average molecular weight is 530 g/mol. The number of carbonyl (C=O) groups excluding carboxylic acids is 1. The van der Waals surface area contributed by atoms with Gasteiger partial charge in [-0.1, -0.05) is 57.9 Å². The molecule has 0 spiro atoms. The summed E-state index contributed by atoms with van der Waals surface area (Å²) < 4.78 is 7.28. The van der Waals surface area contributed by atoms with Crippen molar-refractivity contribution in [3.8, 4) is 0 Å². The molecule has 7 heteroatoms. The van der Waals surface area contributed by atoms with Gasteiger partial charge in [0.05, 0.1) is 23.7 Å². The molecule has 5 rings (SSSR count). The molecule has 4 aromatic rings. The Bertz CT molecular complexity index is 1390. The van der Waals surface area contributed by atoms with Gasteiger partial charge in [-0.3, -0.25) is 4.90 Å². The Morgan fingerprint density at radius 1 is 0.974 bits per heavy atom. The van der Waals surface area contributed by atoms with E-state index in [-0.39, 0.29) is 5.97 Å². The van der Waals surface area contributed by atoms with E-state index in [0.29, 0.717) is 5.56 Å². The Balaban J connectivity index is 0.00000172. The summed E-state index contributed by atoms with van der Waals surface area (Å²) in [6.07, 6.45) is 7.07.